The normalized spacial score (nSPS) is 11.7. The van der Waals surface area contributed by atoms with Crippen LogP contribution in [0.3, 0.4) is 0 Å². The summed E-state index contributed by atoms with van der Waals surface area (Å²) in [6.07, 6.45) is 4.82. The summed E-state index contributed by atoms with van der Waals surface area (Å²) in [5.41, 5.74) is 1.07. The minimum atomic E-state index is -0.357. The summed E-state index contributed by atoms with van der Waals surface area (Å²) in [5.74, 6) is 3.77. The zero-order chi connectivity index (χ0) is 14.1. The fourth-order valence-corrected chi connectivity index (χ4v) is 1.59. The van der Waals surface area contributed by atoms with E-state index in [0.29, 0.717) is 31.2 Å². The van der Waals surface area contributed by atoms with E-state index in [-0.39, 0.29) is 12.7 Å². The lowest BCUT2D eigenvalue weighted by atomic mass is 10.2. The van der Waals surface area contributed by atoms with Crippen molar-refractivity contribution in [1.29, 1.82) is 0 Å². The molecule has 0 aliphatic heterocycles. The molecule has 4 heteroatoms. The molecule has 0 fully saturated rings. The van der Waals surface area contributed by atoms with E-state index in [1.165, 1.54) is 0 Å². The molecular formula is C15H21NO3. The third-order valence-electron chi connectivity index (χ3n) is 2.39. The fourth-order valence-electron chi connectivity index (χ4n) is 1.59. The van der Waals surface area contributed by atoms with Crippen LogP contribution in [0.2, 0.25) is 0 Å². The molecule has 0 heterocycles. The molecule has 0 aliphatic rings. The highest BCUT2D eigenvalue weighted by Crippen LogP contribution is 2.28. The lowest BCUT2D eigenvalue weighted by Gasteiger charge is -2.13. The quantitative estimate of drug-likeness (QED) is 0.699. The molecule has 0 saturated carbocycles. The number of rotatable bonds is 8. The number of aliphatic hydroxyl groups excluding tert-OH is 1. The van der Waals surface area contributed by atoms with Crippen molar-refractivity contribution in [2.45, 2.75) is 26.5 Å². The van der Waals surface area contributed by atoms with Gasteiger partial charge in [0, 0.05) is 13.1 Å². The van der Waals surface area contributed by atoms with E-state index in [9.17, 15) is 5.11 Å². The molecular weight excluding hydrogens is 242 g/mol. The van der Waals surface area contributed by atoms with Crippen molar-refractivity contribution in [1.82, 2.24) is 5.32 Å². The molecule has 0 amide bonds. The van der Waals surface area contributed by atoms with Crippen LogP contribution in [0.25, 0.3) is 0 Å². The van der Waals surface area contributed by atoms with Crippen LogP contribution in [0.5, 0.6) is 11.5 Å². The van der Waals surface area contributed by atoms with Crippen LogP contribution in [0.4, 0.5) is 0 Å². The van der Waals surface area contributed by atoms with Gasteiger partial charge >= 0.3 is 0 Å². The smallest absolute Gasteiger partial charge is 0.162 e. The molecule has 1 aromatic carbocycles. The van der Waals surface area contributed by atoms with Gasteiger partial charge in [-0.3, -0.25) is 0 Å². The number of benzene rings is 1. The van der Waals surface area contributed by atoms with Crippen molar-refractivity contribution >= 4 is 0 Å². The predicted molar refractivity (Wildman–Crippen MR) is 75.3 cm³/mol. The molecule has 1 atom stereocenters. The Bertz CT molecular complexity index is 424. The molecule has 4 nitrogen and oxygen atoms in total. The average Bonchev–Trinajstić information content (AvgIpc) is 2.38. The first-order chi connectivity index (χ1) is 9.17. The van der Waals surface area contributed by atoms with Gasteiger partial charge in [-0.2, -0.15) is 0 Å². The Morgan fingerprint density at radius 2 is 2.16 bits per heavy atom. The Kier molecular flexibility index (Phi) is 6.80. The molecule has 0 unspecified atom stereocenters. The molecule has 104 valence electrons. The van der Waals surface area contributed by atoms with Gasteiger partial charge in [0.25, 0.3) is 0 Å². The summed E-state index contributed by atoms with van der Waals surface area (Å²) in [6, 6.07) is 5.72. The Morgan fingerprint density at radius 3 is 2.79 bits per heavy atom. The number of terminal acetylenes is 1. The molecule has 0 saturated heterocycles. The highest BCUT2D eigenvalue weighted by Gasteiger charge is 2.06. The van der Waals surface area contributed by atoms with Crippen molar-refractivity contribution in [3.8, 4) is 23.8 Å². The zero-order valence-corrected chi connectivity index (χ0v) is 11.5. The van der Waals surface area contributed by atoms with E-state index >= 15 is 0 Å². The number of ether oxygens (including phenoxy) is 2. The Labute approximate surface area is 114 Å². The highest BCUT2D eigenvalue weighted by molar-refractivity contribution is 5.43. The maximum absolute atomic E-state index is 9.18. The molecule has 0 spiro atoms. The first kappa shape index (κ1) is 15.4. The standard InChI is InChI=1S/C15H21NO3/c1-4-8-19-14-7-6-13(9-15(14)18-5-2)11-16-10-12(3)17/h1,6-7,9,12,16-17H,5,8,10-11H2,2-3H3/t12-/m0/s1. The molecule has 0 radical (unpaired) electrons. The van der Waals surface area contributed by atoms with Gasteiger partial charge in [-0.15, -0.1) is 6.42 Å². The second-order valence-electron chi connectivity index (χ2n) is 4.19. The summed E-state index contributed by atoms with van der Waals surface area (Å²) in [7, 11) is 0. The summed E-state index contributed by atoms with van der Waals surface area (Å²) < 4.78 is 10.9. The van der Waals surface area contributed by atoms with E-state index in [1.807, 2.05) is 25.1 Å². The number of hydrogen-bond donors (Lipinski definition) is 2. The van der Waals surface area contributed by atoms with Gasteiger partial charge in [0.05, 0.1) is 12.7 Å². The summed E-state index contributed by atoms with van der Waals surface area (Å²) in [4.78, 5) is 0. The minimum Gasteiger partial charge on any atom is -0.490 e. The molecule has 0 bridgehead atoms. The third kappa shape index (κ3) is 5.64. The van der Waals surface area contributed by atoms with E-state index in [2.05, 4.69) is 11.2 Å². The van der Waals surface area contributed by atoms with E-state index in [4.69, 9.17) is 15.9 Å². The van der Waals surface area contributed by atoms with Crippen molar-refractivity contribution < 1.29 is 14.6 Å². The van der Waals surface area contributed by atoms with Gasteiger partial charge in [0.1, 0.15) is 6.61 Å². The molecule has 0 aromatic heterocycles. The number of nitrogens with one attached hydrogen (secondary N) is 1. The second kappa shape index (κ2) is 8.41. The minimum absolute atomic E-state index is 0.222. The van der Waals surface area contributed by atoms with Crippen molar-refractivity contribution in [2.24, 2.45) is 0 Å². The van der Waals surface area contributed by atoms with Gasteiger partial charge in [0.15, 0.2) is 11.5 Å². The van der Waals surface area contributed by atoms with Crippen LogP contribution in [0, 0.1) is 12.3 Å². The summed E-state index contributed by atoms with van der Waals surface area (Å²) in [6.45, 7) is 5.68. The lowest BCUT2D eigenvalue weighted by molar-refractivity contribution is 0.191. The second-order valence-corrected chi connectivity index (χ2v) is 4.19. The molecule has 1 rings (SSSR count). The van der Waals surface area contributed by atoms with Crippen LogP contribution in [-0.4, -0.2) is 31.0 Å². The zero-order valence-electron chi connectivity index (χ0n) is 11.5. The summed E-state index contributed by atoms with van der Waals surface area (Å²) in [5, 5.41) is 12.3. The first-order valence-electron chi connectivity index (χ1n) is 6.38. The molecule has 1 aromatic rings. The van der Waals surface area contributed by atoms with Crippen molar-refractivity contribution in [3.63, 3.8) is 0 Å². The Hall–Kier alpha value is -1.70. The topological polar surface area (TPSA) is 50.7 Å². The monoisotopic (exact) mass is 263 g/mol. The van der Waals surface area contributed by atoms with Gasteiger partial charge in [0.2, 0.25) is 0 Å². The number of hydrogen-bond acceptors (Lipinski definition) is 4. The van der Waals surface area contributed by atoms with Crippen LogP contribution < -0.4 is 14.8 Å². The van der Waals surface area contributed by atoms with Crippen LogP contribution in [0.1, 0.15) is 19.4 Å². The van der Waals surface area contributed by atoms with Gasteiger partial charge in [-0.25, -0.2) is 0 Å². The Morgan fingerprint density at radius 1 is 1.37 bits per heavy atom. The molecule has 0 aliphatic carbocycles. The van der Waals surface area contributed by atoms with Gasteiger partial charge in [-0.05, 0) is 31.5 Å². The SMILES string of the molecule is C#CCOc1ccc(CNC[C@H](C)O)cc1OCC. The number of aliphatic hydroxyl groups is 1. The molecule has 2 N–H and O–H groups in total. The van der Waals surface area contributed by atoms with Crippen LogP contribution in [-0.2, 0) is 6.54 Å². The highest BCUT2D eigenvalue weighted by atomic mass is 16.5. The predicted octanol–water partition coefficient (Wildman–Crippen LogP) is 1.57. The first-order valence-corrected chi connectivity index (χ1v) is 6.38. The van der Waals surface area contributed by atoms with E-state index in [0.717, 1.165) is 5.56 Å². The fraction of sp³-hybridized carbons (Fsp3) is 0.467. The van der Waals surface area contributed by atoms with Crippen molar-refractivity contribution in [2.75, 3.05) is 19.8 Å². The molecule has 19 heavy (non-hydrogen) atoms. The van der Waals surface area contributed by atoms with E-state index in [1.54, 1.807) is 6.92 Å². The summed E-state index contributed by atoms with van der Waals surface area (Å²) >= 11 is 0. The maximum Gasteiger partial charge on any atom is 0.162 e. The van der Waals surface area contributed by atoms with E-state index < -0.39 is 0 Å². The third-order valence-corrected chi connectivity index (χ3v) is 2.39. The van der Waals surface area contributed by atoms with Gasteiger partial charge in [-0.1, -0.05) is 12.0 Å². The van der Waals surface area contributed by atoms with Crippen LogP contribution in [0.15, 0.2) is 18.2 Å². The average molecular weight is 263 g/mol. The Balaban J connectivity index is 2.69. The lowest BCUT2D eigenvalue weighted by Crippen LogP contribution is -2.23. The van der Waals surface area contributed by atoms with Gasteiger partial charge < -0.3 is 19.9 Å². The largest absolute Gasteiger partial charge is 0.490 e. The van der Waals surface area contributed by atoms with Crippen LogP contribution >= 0.6 is 0 Å². The maximum atomic E-state index is 9.18. The van der Waals surface area contributed by atoms with Crippen molar-refractivity contribution in [3.05, 3.63) is 23.8 Å².